The molecular weight excluding hydrogens is 298 g/mol. The first kappa shape index (κ1) is 15.8. The minimum absolute atomic E-state index is 0.0499. The van der Waals surface area contributed by atoms with E-state index in [1.54, 1.807) is 37.0 Å². The molecule has 1 aliphatic heterocycles. The van der Waals surface area contributed by atoms with E-state index < -0.39 is 10.0 Å². The van der Waals surface area contributed by atoms with Gasteiger partial charge in [0.15, 0.2) is 0 Å². The number of nitrogens with one attached hydrogen (secondary N) is 1. The number of hydrogen-bond acceptors (Lipinski definition) is 5. The van der Waals surface area contributed by atoms with Gasteiger partial charge in [-0.25, -0.2) is 8.42 Å². The van der Waals surface area contributed by atoms with Gasteiger partial charge in [-0.3, -0.25) is 5.10 Å². The van der Waals surface area contributed by atoms with Gasteiger partial charge >= 0.3 is 0 Å². The smallest absolute Gasteiger partial charge is 0.247 e. The van der Waals surface area contributed by atoms with Crippen LogP contribution in [0.1, 0.15) is 17.8 Å². The molecule has 1 atom stereocenters. The molecule has 1 N–H and O–H groups in total. The fourth-order valence-electron chi connectivity index (χ4n) is 2.47. The fourth-order valence-corrected chi connectivity index (χ4v) is 5.76. The molecule has 0 saturated carbocycles. The molecule has 2 heterocycles. The maximum atomic E-state index is 12.9. The monoisotopic (exact) mass is 319 g/mol. The lowest BCUT2D eigenvalue weighted by atomic mass is 10.3. The fraction of sp³-hybridized carbons (Fsp3) is 0.750. The van der Waals surface area contributed by atoms with Gasteiger partial charge in [0, 0.05) is 25.4 Å². The average Bonchev–Trinajstić information content (AvgIpc) is 3.00. The van der Waals surface area contributed by atoms with E-state index in [-0.39, 0.29) is 6.04 Å². The number of H-pyrrole nitrogens is 1. The predicted octanol–water partition coefficient (Wildman–Crippen LogP) is 1.17. The Hall–Kier alpha value is -0.570. The van der Waals surface area contributed by atoms with Crippen LogP contribution in [0, 0.1) is 13.8 Å². The van der Waals surface area contributed by atoms with Gasteiger partial charge in [0.1, 0.15) is 4.90 Å². The standard InChI is InChI=1S/C12H21N3O3S2/c1-9-12(10(2)14-13-9)20(16,17)15(5-6-18-3)11-4-7-19-8-11/h11H,4-8H2,1-3H3,(H,13,14). The van der Waals surface area contributed by atoms with Gasteiger partial charge < -0.3 is 4.74 Å². The van der Waals surface area contributed by atoms with E-state index in [1.807, 2.05) is 0 Å². The number of rotatable bonds is 6. The predicted molar refractivity (Wildman–Crippen MR) is 79.6 cm³/mol. The van der Waals surface area contributed by atoms with Crippen molar-refractivity contribution in [1.29, 1.82) is 0 Å². The molecule has 114 valence electrons. The molecule has 0 amide bonds. The summed E-state index contributed by atoms with van der Waals surface area (Å²) in [6, 6.07) is 0.0499. The second-order valence-electron chi connectivity index (χ2n) is 4.89. The average molecular weight is 319 g/mol. The first-order valence-corrected chi connectivity index (χ1v) is 9.18. The first-order chi connectivity index (χ1) is 9.48. The van der Waals surface area contributed by atoms with Crippen LogP contribution >= 0.6 is 11.8 Å². The van der Waals surface area contributed by atoms with Gasteiger partial charge in [-0.05, 0) is 26.0 Å². The minimum atomic E-state index is -3.53. The summed E-state index contributed by atoms with van der Waals surface area (Å²) in [4.78, 5) is 0.311. The Labute approximate surface area is 124 Å². The lowest BCUT2D eigenvalue weighted by Crippen LogP contribution is -2.42. The van der Waals surface area contributed by atoms with E-state index in [0.717, 1.165) is 17.9 Å². The number of aromatic amines is 1. The van der Waals surface area contributed by atoms with E-state index in [1.165, 1.54) is 0 Å². The van der Waals surface area contributed by atoms with Crippen molar-refractivity contribution in [3.8, 4) is 0 Å². The van der Waals surface area contributed by atoms with E-state index in [0.29, 0.717) is 29.4 Å². The number of aryl methyl sites for hydroxylation is 2. The molecule has 1 aromatic heterocycles. The maximum absolute atomic E-state index is 12.9. The van der Waals surface area contributed by atoms with Crippen LogP contribution in [0.5, 0.6) is 0 Å². The third kappa shape index (κ3) is 3.03. The molecule has 0 spiro atoms. The van der Waals surface area contributed by atoms with E-state index in [9.17, 15) is 8.42 Å². The normalized spacial score (nSPS) is 19.9. The third-order valence-corrected chi connectivity index (χ3v) is 6.82. The lowest BCUT2D eigenvalue weighted by Gasteiger charge is -2.27. The maximum Gasteiger partial charge on any atom is 0.247 e. The summed E-state index contributed by atoms with van der Waals surface area (Å²) in [6.07, 6.45) is 0.892. The topological polar surface area (TPSA) is 75.3 Å². The van der Waals surface area contributed by atoms with Crippen LogP contribution in [0.25, 0.3) is 0 Å². The summed E-state index contributed by atoms with van der Waals surface area (Å²) in [7, 11) is -1.94. The summed E-state index contributed by atoms with van der Waals surface area (Å²) in [6.45, 7) is 4.24. The van der Waals surface area contributed by atoms with E-state index in [4.69, 9.17) is 4.74 Å². The highest BCUT2D eigenvalue weighted by Crippen LogP contribution is 2.29. The number of ether oxygens (including phenoxy) is 1. The van der Waals surface area contributed by atoms with Gasteiger partial charge in [-0.15, -0.1) is 0 Å². The quantitative estimate of drug-likeness (QED) is 0.852. The molecule has 2 rings (SSSR count). The molecule has 1 aromatic rings. The molecule has 1 unspecified atom stereocenters. The highest BCUT2D eigenvalue weighted by Gasteiger charge is 2.36. The van der Waals surface area contributed by atoms with Gasteiger partial charge in [0.05, 0.1) is 18.0 Å². The van der Waals surface area contributed by atoms with Gasteiger partial charge in [0.25, 0.3) is 0 Å². The molecular formula is C12H21N3O3S2. The van der Waals surface area contributed by atoms with Crippen molar-refractivity contribution in [2.24, 2.45) is 0 Å². The van der Waals surface area contributed by atoms with Crippen LogP contribution in [0.3, 0.4) is 0 Å². The van der Waals surface area contributed by atoms with Gasteiger partial charge in [-0.2, -0.15) is 21.2 Å². The molecule has 1 aliphatic rings. The number of methoxy groups -OCH3 is 1. The van der Waals surface area contributed by atoms with Crippen molar-refractivity contribution in [3.63, 3.8) is 0 Å². The molecule has 6 nitrogen and oxygen atoms in total. The largest absolute Gasteiger partial charge is 0.383 e. The molecule has 1 fully saturated rings. The first-order valence-electron chi connectivity index (χ1n) is 6.58. The Morgan fingerprint density at radius 2 is 2.25 bits per heavy atom. The minimum Gasteiger partial charge on any atom is -0.383 e. The summed E-state index contributed by atoms with van der Waals surface area (Å²) in [5.74, 6) is 1.85. The summed E-state index contributed by atoms with van der Waals surface area (Å²) in [5.41, 5.74) is 1.12. The van der Waals surface area contributed by atoms with Crippen molar-refractivity contribution in [2.75, 3.05) is 31.8 Å². The molecule has 8 heteroatoms. The van der Waals surface area contributed by atoms with Crippen LogP contribution in [-0.2, 0) is 14.8 Å². The summed E-state index contributed by atoms with van der Waals surface area (Å²) >= 11 is 1.80. The van der Waals surface area contributed by atoms with Crippen molar-refractivity contribution < 1.29 is 13.2 Å². The molecule has 0 bridgehead atoms. The SMILES string of the molecule is COCCN(C1CCSC1)S(=O)(=O)c1c(C)n[nH]c1C. The molecule has 20 heavy (non-hydrogen) atoms. The third-order valence-electron chi connectivity index (χ3n) is 3.46. The Morgan fingerprint density at radius 1 is 1.50 bits per heavy atom. The number of hydrogen-bond donors (Lipinski definition) is 1. The number of thioether (sulfide) groups is 1. The zero-order chi connectivity index (χ0) is 14.8. The summed E-state index contributed by atoms with van der Waals surface area (Å²) < 4.78 is 32.5. The van der Waals surface area contributed by atoms with Gasteiger partial charge in [-0.1, -0.05) is 0 Å². The zero-order valence-electron chi connectivity index (χ0n) is 12.0. The van der Waals surface area contributed by atoms with Crippen LogP contribution < -0.4 is 0 Å². The van der Waals surface area contributed by atoms with E-state index in [2.05, 4.69) is 10.2 Å². The lowest BCUT2D eigenvalue weighted by molar-refractivity contribution is 0.169. The Morgan fingerprint density at radius 3 is 2.75 bits per heavy atom. The highest BCUT2D eigenvalue weighted by molar-refractivity contribution is 7.99. The zero-order valence-corrected chi connectivity index (χ0v) is 13.7. The van der Waals surface area contributed by atoms with Gasteiger partial charge in [0.2, 0.25) is 10.0 Å². The number of nitrogens with zero attached hydrogens (tertiary/aromatic N) is 2. The second-order valence-corrected chi connectivity index (χ2v) is 7.87. The van der Waals surface area contributed by atoms with Crippen LogP contribution in [0.15, 0.2) is 4.90 Å². The Bertz CT molecular complexity index is 531. The molecule has 0 aromatic carbocycles. The van der Waals surface area contributed by atoms with Crippen LogP contribution in [0.2, 0.25) is 0 Å². The van der Waals surface area contributed by atoms with Crippen molar-refractivity contribution in [1.82, 2.24) is 14.5 Å². The van der Waals surface area contributed by atoms with Crippen molar-refractivity contribution >= 4 is 21.8 Å². The van der Waals surface area contributed by atoms with Crippen molar-refractivity contribution in [3.05, 3.63) is 11.4 Å². The van der Waals surface area contributed by atoms with E-state index >= 15 is 0 Å². The van der Waals surface area contributed by atoms with Crippen molar-refractivity contribution in [2.45, 2.75) is 31.2 Å². The Kier molecular flexibility index (Phi) is 5.11. The number of aromatic nitrogens is 2. The number of sulfonamides is 1. The Balaban J connectivity index is 2.35. The van der Waals surface area contributed by atoms with Crippen LogP contribution in [0.4, 0.5) is 0 Å². The molecule has 0 radical (unpaired) electrons. The molecule has 1 saturated heterocycles. The molecule has 0 aliphatic carbocycles. The highest BCUT2D eigenvalue weighted by atomic mass is 32.2. The summed E-state index contributed by atoms with van der Waals surface area (Å²) in [5, 5.41) is 6.76. The van der Waals surface area contributed by atoms with Crippen LogP contribution in [-0.4, -0.2) is 60.7 Å². The second kappa shape index (κ2) is 6.46.